The predicted octanol–water partition coefficient (Wildman–Crippen LogP) is 2.89. The van der Waals surface area contributed by atoms with Gasteiger partial charge in [0.15, 0.2) is 9.84 Å². The number of hydrogen-bond acceptors (Lipinski definition) is 3. The molecule has 0 saturated carbocycles. The van der Waals surface area contributed by atoms with Gasteiger partial charge in [0.25, 0.3) is 0 Å². The van der Waals surface area contributed by atoms with Crippen molar-refractivity contribution in [2.45, 2.75) is 37.4 Å². The molecule has 20 heavy (non-hydrogen) atoms. The maximum absolute atomic E-state index is 12.3. The van der Waals surface area contributed by atoms with Gasteiger partial charge in [-0.15, -0.1) is 0 Å². The first-order valence-electron chi connectivity index (χ1n) is 6.86. The van der Waals surface area contributed by atoms with Crippen LogP contribution >= 0.6 is 15.9 Å². The molecule has 0 radical (unpaired) electrons. The van der Waals surface area contributed by atoms with Crippen LogP contribution in [0.15, 0.2) is 28.7 Å². The lowest BCUT2D eigenvalue weighted by Crippen LogP contribution is -2.58. The summed E-state index contributed by atoms with van der Waals surface area (Å²) < 4.78 is 25.0. The summed E-state index contributed by atoms with van der Waals surface area (Å²) in [6, 6.07) is 8.11. The summed E-state index contributed by atoms with van der Waals surface area (Å²) in [7, 11) is -3.07. The molecule has 1 aromatic rings. The van der Waals surface area contributed by atoms with E-state index in [0.717, 1.165) is 17.6 Å². The van der Waals surface area contributed by atoms with E-state index >= 15 is 0 Å². The van der Waals surface area contributed by atoms with E-state index in [1.54, 1.807) is 20.8 Å². The Hall–Kier alpha value is -0.390. The molecule has 0 aromatic heterocycles. The Balaban J connectivity index is 2.21. The predicted molar refractivity (Wildman–Crippen MR) is 86.8 cm³/mol. The molecule has 0 spiro atoms. The summed E-state index contributed by atoms with van der Waals surface area (Å²) in [5.41, 5.74) is 1.15. The highest BCUT2D eigenvalue weighted by Gasteiger charge is 2.42. The Morgan fingerprint density at radius 3 is 2.30 bits per heavy atom. The van der Waals surface area contributed by atoms with E-state index in [-0.39, 0.29) is 11.2 Å². The molecule has 1 aliphatic rings. The molecule has 3 nitrogen and oxygen atoms in total. The van der Waals surface area contributed by atoms with Gasteiger partial charge in [-0.1, -0.05) is 34.1 Å². The van der Waals surface area contributed by atoms with Crippen LogP contribution in [-0.4, -0.2) is 32.0 Å². The first-order valence-corrected chi connectivity index (χ1v) is 9.31. The maximum Gasteiger partial charge on any atom is 0.155 e. The topological polar surface area (TPSA) is 46.2 Å². The van der Waals surface area contributed by atoms with E-state index in [0.29, 0.717) is 6.42 Å². The van der Waals surface area contributed by atoms with Crippen molar-refractivity contribution in [2.24, 2.45) is 0 Å². The molecule has 0 unspecified atom stereocenters. The second-order valence-corrected chi connectivity index (χ2v) is 10.3. The van der Waals surface area contributed by atoms with Crippen molar-refractivity contribution in [2.75, 3.05) is 18.8 Å². The molecule has 0 atom stereocenters. The molecule has 1 fully saturated rings. The van der Waals surface area contributed by atoms with Crippen molar-refractivity contribution >= 4 is 25.8 Å². The minimum absolute atomic E-state index is 0.0571. The molecule has 1 aliphatic heterocycles. The molecule has 1 saturated heterocycles. The van der Waals surface area contributed by atoms with E-state index in [2.05, 4.69) is 27.3 Å². The number of nitrogens with one attached hydrogen (secondary N) is 1. The van der Waals surface area contributed by atoms with E-state index in [4.69, 9.17) is 0 Å². The van der Waals surface area contributed by atoms with Crippen LogP contribution in [0.1, 0.15) is 32.8 Å². The minimum Gasteiger partial charge on any atom is -0.315 e. The Morgan fingerprint density at radius 2 is 1.85 bits per heavy atom. The second kappa shape index (κ2) is 5.43. The van der Waals surface area contributed by atoms with Crippen molar-refractivity contribution in [1.29, 1.82) is 0 Å². The van der Waals surface area contributed by atoms with Crippen LogP contribution < -0.4 is 5.32 Å². The Labute approximate surface area is 130 Å². The average Bonchev–Trinajstić information content (AvgIpc) is 2.28. The fourth-order valence-electron chi connectivity index (χ4n) is 2.46. The van der Waals surface area contributed by atoms with Gasteiger partial charge in [-0.3, -0.25) is 0 Å². The molecule has 112 valence electrons. The van der Waals surface area contributed by atoms with Crippen LogP contribution in [0, 0.1) is 0 Å². The SMILES string of the molecule is CC(C)(C)S(=O)(=O)CCC1(c2ccccc2Br)CNC1. The summed E-state index contributed by atoms with van der Waals surface area (Å²) in [6.07, 6.45) is 0.669. The monoisotopic (exact) mass is 359 g/mol. The number of halogens is 1. The maximum atomic E-state index is 12.3. The first-order chi connectivity index (χ1) is 9.18. The van der Waals surface area contributed by atoms with Gasteiger partial charge < -0.3 is 5.32 Å². The van der Waals surface area contributed by atoms with Crippen molar-refractivity contribution in [3.05, 3.63) is 34.3 Å². The first kappa shape index (κ1) is 16.0. The summed E-state index contributed by atoms with van der Waals surface area (Å²) in [5.74, 6) is 0.236. The quantitative estimate of drug-likeness (QED) is 0.898. The normalized spacial score (nSPS) is 18.6. The summed E-state index contributed by atoms with van der Waals surface area (Å²) in [4.78, 5) is 0. The molecular weight excluding hydrogens is 338 g/mol. The van der Waals surface area contributed by atoms with Gasteiger partial charge in [-0.05, 0) is 38.8 Å². The number of hydrogen-bond donors (Lipinski definition) is 1. The summed E-state index contributed by atoms with van der Waals surface area (Å²) in [5, 5.41) is 3.29. The lowest BCUT2D eigenvalue weighted by atomic mass is 9.73. The zero-order valence-electron chi connectivity index (χ0n) is 12.2. The number of rotatable bonds is 4. The van der Waals surface area contributed by atoms with E-state index in [1.165, 1.54) is 5.56 Å². The van der Waals surface area contributed by atoms with Gasteiger partial charge in [-0.2, -0.15) is 0 Å². The molecule has 0 amide bonds. The van der Waals surface area contributed by atoms with Crippen molar-refractivity contribution < 1.29 is 8.42 Å². The largest absolute Gasteiger partial charge is 0.315 e. The molecule has 0 bridgehead atoms. The fourth-order valence-corrected chi connectivity index (χ4v) is 4.43. The lowest BCUT2D eigenvalue weighted by Gasteiger charge is -2.44. The van der Waals surface area contributed by atoms with Crippen molar-refractivity contribution in [1.82, 2.24) is 5.32 Å². The molecule has 1 N–H and O–H groups in total. The van der Waals surface area contributed by atoms with Crippen LogP contribution in [0.4, 0.5) is 0 Å². The highest BCUT2D eigenvalue weighted by molar-refractivity contribution is 9.10. The highest BCUT2D eigenvalue weighted by Crippen LogP contribution is 2.37. The number of benzene rings is 1. The number of sulfone groups is 1. The standard InChI is InChI=1S/C15H22BrNO2S/c1-14(2,3)20(18,19)9-8-15(10-17-11-15)12-6-4-5-7-13(12)16/h4-7,17H,8-11H2,1-3H3. The van der Waals surface area contributed by atoms with Gasteiger partial charge >= 0.3 is 0 Å². The second-order valence-electron chi connectivity index (χ2n) is 6.54. The Kier molecular flexibility index (Phi) is 4.34. The van der Waals surface area contributed by atoms with Crippen LogP contribution in [0.25, 0.3) is 0 Å². The van der Waals surface area contributed by atoms with Crippen molar-refractivity contribution in [3.63, 3.8) is 0 Å². The summed E-state index contributed by atoms with van der Waals surface area (Å²) in [6.45, 7) is 7.00. The molecule has 2 rings (SSSR count). The van der Waals surface area contributed by atoms with Crippen molar-refractivity contribution in [3.8, 4) is 0 Å². The average molecular weight is 360 g/mol. The Morgan fingerprint density at radius 1 is 1.25 bits per heavy atom. The molecule has 0 aliphatic carbocycles. The fraction of sp³-hybridized carbons (Fsp3) is 0.600. The molecular formula is C15H22BrNO2S. The molecule has 1 heterocycles. The summed E-state index contributed by atoms with van der Waals surface area (Å²) >= 11 is 3.59. The van der Waals surface area contributed by atoms with Gasteiger partial charge in [0, 0.05) is 23.0 Å². The lowest BCUT2D eigenvalue weighted by molar-refractivity contribution is 0.267. The van der Waals surface area contributed by atoms with Gasteiger partial charge in [0.2, 0.25) is 0 Å². The highest BCUT2D eigenvalue weighted by atomic mass is 79.9. The van der Waals surface area contributed by atoms with E-state index in [1.807, 2.05) is 18.2 Å². The van der Waals surface area contributed by atoms with Crippen LogP contribution in [0.2, 0.25) is 0 Å². The van der Waals surface area contributed by atoms with E-state index < -0.39 is 14.6 Å². The zero-order valence-corrected chi connectivity index (χ0v) is 14.6. The van der Waals surface area contributed by atoms with Crippen LogP contribution in [-0.2, 0) is 15.3 Å². The molecule has 1 aromatic carbocycles. The van der Waals surface area contributed by atoms with Crippen LogP contribution in [0.5, 0.6) is 0 Å². The van der Waals surface area contributed by atoms with Gasteiger partial charge in [0.1, 0.15) is 0 Å². The third-order valence-electron chi connectivity index (χ3n) is 4.15. The minimum atomic E-state index is -3.07. The zero-order chi connectivity index (χ0) is 15.0. The van der Waals surface area contributed by atoms with E-state index in [9.17, 15) is 8.42 Å². The van der Waals surface area contributed by atoms with Gasteiger partial charge in [-0.25, -0.2) is 8.42 Å². The Bertz CT molecular complexity index is 586. The smallest absolute Gasteiger partial charge is 0.155 e. The van der Waals surface area contributed by atoms with Gasteiger partial charge in [0.05, 0.1) is 10.5 Å². The third-order valence-corrected chi connectivity index (χ3v) is 7.45. The third kappa shape index (κ3) is 2.95. The van der Waals surface area contributed by atoms with Crippen LogP contribution in [0.3, 0.4) is 0 Å². The molecule has 5 heteroatoms.